The van der Waals surface area contributed by atoms with Crippen LogP contribution in [0.4, 0.5) is 5.69 Å². The molecule has 1 aliphatic rings. The topological polar surface area (TPSA) is 84.9 Å². The molecular formula is C26H27ClN2O5S. The number of amides is 1. The van der Waals surface area contributed by atoms with E-state index in [4.69, 9.17) is 21.1 Å². The number of halogens is 1. The lowest BCUT2D eigenvalue weighted by Crippen LogP contribution is -2.51. The lowest BCUT2D eigenvalue weighted by molar-refractivity contribution is -0.128. The maximum Gasteiger partial charge on any atom is 0.264 e. The molecule has 0 saturated carbocycles. The zero-order valence-corrected chi connectivity index (χ0v) is 21.3. The minimum Gasteiger partial charge on any atom is -0.496 e. The zero-order valence-electron chi connectivity index (χ0n) is 19.7. The zero-order chi connectivity index (χ0) is 25.2. The lowest BCUT2D eigenvalue weighted by Gasteiger charge is -2.35. The summed E-state index contributed by atoms with van der Waals surface area (Å²) in [6.07, 6.45) is -0.404. The number of nitrogens with one attached hydrogen (secondary N) is 1. The Kier molecular flexibility index (Phi) is 7.23. The van der Waals surface area contributed by atoms with E-state index in [2.05, 4.69) is 5.32 Å². The van der Waals surface area contributed by atoms with Gasteiger partial charge in [0.05, 0.1) is 30.3 Å². The summed E-state index contributed by atoms with van der Waals surface area (Å²) in [5.74, 6) is 0.635. The molecule has 1 heterocycles. The van der Waals surface area contributed by atoms with E-state index in [1.54, 1.807) is 37.4 Å². The number of aryl methyl sites for hydroxylation is 1. The van der Waals surface area contributed by atoms with Gasteiger partial charge in [-0.1, -0.05) is 48.9 Å². The van der Waals surface area contributed by atoms with Crippen molar-refractivity contribution in [1.29, 1.82) is 0 Å². The highest BCUT2D eigenvalue weighted by Crippen LogP contribution is 2.39. The summed E-state index contributed by atoms with van der Waals surface area (Å²) < 4.78 is 39.5. The highest BCUT2D eigenvalue weighted by atomic mass is 35.5. The molecule has 0 fully saturated rings. The molecule has 0 saturated heterocycles. The van der Waals surface area contributed by atoms with E-state index in [-0.39, 0.29) is 23.2 Å². The molecule has 4 rings (SSSR count). The molecular weight excluding hydrogens is 488 g/mol. The lowest BCUT2D eigenvalue weighted by atomic mass is 10.0. The number of rotatable bonds is 7. The summed E-state index contributed by atoms with van der Waals surface area (Å²) in [6, 6.07) is 18.3. The number of anilines is 1. The smallest absolute Gasteiger partial charge is 0.264 e. The standard InChI is InChI=1S/C26H27ClN2O5S/c1-4-21(18-10-12-23(33-3)17(2)14-18)28-26(30)25-16-29(22-15-19(27)11-13-24(22)34-25)35(31,32)20-8-6-5-7-9-20/h5-15,21,25H,4,16H2,1-3H3,(H,28,30)/t21-,25+/m1/s1. The van der Waals surface area contributed by atoms with Crippen molar-refractivity contribution in [2.24, 2.45) is 0 Å². The van der Waals surface area contributed by atoms with Gasteiger partial charge in [0.15, 0.2) is 6.10 Å². The summed E-state index contributed by atoms with van der Waals surface area (Å²) in [6.45, 7) is 3.72. The first kappa shape index (κ1) is 24.9. The first-order valence-electron chi connectivity index (χ1n) is 11.2. The van der Waals surface area contributed by atoms with Crippen molar-refractivity contribution >= 4 is 33.2 Å². The largest absolute Gasteiger partial charge is 0.496 e. The second-order valence-electron chi connectivity index (χ2n) is 8.27. The molecule has 3 aromatic rings. The fourth-order valence-electron chi connectivity index (χ4n) is 4.11. The fraction of sp³-hybridized carbons (Fsp3) is 0.269. The number of ether oxygens (including phenoxy) is 2. The molecule has 9 heteroatoms. The number of methoxy groups -OCH3 is 1. The Labute approximate surface area is 210 Å². The molecule has 1 N–H and O–H groups in total. The minimum atomic E-state index is -3.96. The van der Waals surface area contributed by atoms with Crippen molar-refractivity contribution in [3.05, 3.63) is 82.9 Å². The molecule has 35 heavy (non-hydrogen) atoms. The first-order valence-corrected chi connectivity index (χ1v) is 13.0. The second-order valence-corrected chi connectivity index (χ2v) is 10.6. The average Bonchev–Trinajstić information content (AvgIpc) is 2.86. The van der Waals surface area contributed by atoms with Crippen molar-refractivity contribution in [1.82, 2.24) is 5.32 Å². The number of carbonyl (C=O) groups is 1. The Bertz CT molecular complexity index is 1330. The molecule has 0 bridgehead atoms. The molecule has 2 atom stereocenters. The van der Waals surface area contributed by atoms with Crippen molar-refractivity contribution < 1.29 is 22.7 Å². The molecule has 1 aliphatic heterocycles. The highest BCUT2D eigenvalue weighted by molar-refractivity contribution is 7.92. The van der Waals surface area contributed by atoms with E-state index in [1.807, 2.05) is 32.0 Å². The van der Waals surface area contributed by atoms with E-state index in [0.717, 1.165) is 16.9 Å². The SMILES string of the molecule is CC[C@@H](NC(=O)[C@@H]1CN(S(=O)(=O)c2ccccc2)c2cc(Cl)ccc2O1)c1ccc(OC)c(C)c1. The number of hydrogen-bond acceptors (Lipinski definition) is 5. The van der Waals surface area contributed by atoms with Crippen LogP contribution in [0.3, 0.4) is 0 Å². The molecule has 0 unspecified atom stereocenters. The van der Waals surface area contributed by atoms with Gasteiger partial charge in [-0.15, -0.1) is 0 Å². The molecule has 184 valence electrons. The Hall–Kier alpha value is -3.23. The van der Waals surface area contributed by atoms with Crippen molar-refractivity contribution in [2.75, 3.05) is 18.0 Å². The van der Waals surface area contributed by atoms with E-state index in [1.165, 1.54) is 22.5 Å². The van der Waals surface area contributed by atoms with Crippen molar-refractivity contribution in [2.45, 2.75) is 37.3 Å². The van der Waals surface area contributed by atoms with Gasteiger partial charge in [-0.25, -0.2) is 8.42 Å². The summed E-state index contributed by atoms with van der Waals surface area (Å²) in [5.41, 5.74) is 2.18. The Morgan fingerprint density at radius 3 is 2.57 bits per heavy atom. The van der Waals surface area contributed by atoms with Crippen LogP contribution in [-0.4, -0.2) is 34.1 Å². The van der Waals surface area contributed by atoms with Crippen LogP contribution >= 0.6 is 11.6 Å². The highest BCUT2D eigenvalue weighted by Gasteiger charge is 2.38. The molecule has 7 nitrogen and oxygen atoms in total. The molecule has 0 aromatic heterocycles. The normalized spacial score (nSPS) is 16.1. The van der Waals surface area contributed by atoms with Crippen molar-refractivity contribution in [3.8, 4) is 11.5 Å². The number of nitrogens with zero attached hydrogens (tertiary/aromatic N) is 1. The number of fused-ring (bicyclic) bond motifs is 1. The van der Waals surface area contributed by atoms with Crippen LogP contribution in [0.1, 0.15) is 30.5 Å². The summed E-state index contributed by atoms with van der Waals surface area (Å²) in [5, 5.41) is 3.38. The number of carbonyl (C=O) groups excluding carboxylic acids is 1. The van der Waals surface area contributed by atoms with E-state index < -0.39 is 22.0 Å². The van der Waals surface area contributed by atoms with Gasteiger partial charge < -0.3 is 14.8 Å². The van der Waals surface area contributed by atoms with E-state index in [9.17, 15) is 13.2 Å². The maximum absolute atomic E-state index is 13.5. The summed E-state index contributed by atoms with van der Waals surface area (Å²) >= 11 is 6.16. The van der Waals surface area contributed by atoms with Crippen LogP contribution in [0.15, 0.2) is 71.6 Å². The predicted molar refractivity (Wildman–Crippen MR) is 136 cm³/mol. The molecule has 0 radical (unpaired) electrons. The average molecular weight is 515 g/mol. The predicted octanol–water partition coefficient (Wildman–Crippen LogP) is 4.88. The third-order valence-electron chi connectivity index (χ3n) is 5.96. The van der Waals surface area contributed by atoms with Gasteiger partial charge in [-0.3, -0.25) is 9.10 Å². The number of hydrogen-bond donors (Lipinski definition) is 1. The molecule has 0 aliphatic carbocycles. The first-order chi connectivity index (χ1) is 16.7. The van der Waals surface area contributed by atoms with Gasteiger partial charge in [0.1, 0.15) is 11.5 Å². The number of benzene rings is 3. The van der Waals surface area contributed by atoms with Crippen LogP contribution in [0, 0.1) is 6.92 Å². The van der Waals surface area contributed by atoms with E-state index in [0.29, 0.717) is 17.1 Å². The van der Waals surface area contributed by atoms with Gasteiger partial charge in [0.2, 0.25) is 0 Å². The van der Waals surface area contributed by atoms with Crippen LogP contribution in [0.5, 0.6) is 11.5 Å². The van der Waals surface area contributed by atoms with Crippen LogP contribution in [-0.2, 0) is 14.8 Å². The molecule has 3 aromatic carbocycles. The van der Waals surface area contributed by atoms with Crippen LogP contribution in [0.2, 0.25) is 5.02 Å². The Morgan fingerprint density at radius 2 is 1.91 bits per heavy atom. The quantitative estimate of drug-likeness (QED) is 0.485. The van der Waals surface area contributed by atoms with Gasteiger partial charge in [-0.2, -0.15) is 0 Å². The fourth-order valence-corrected chi connectivity index (χ4v) is 5.77. The summed E-state index contributed by atoms with van der Waals surface area (Å²) in [7, 11) is -2.34. The van der Waals surface area contributed by atoms with Gasteiger partial charge in [0.25, 0.3) is 15.9 Å². The van der Waals surface area contributed by atoms with Crippen LogP contribution in [0.25, 0.3) is 0 Å². The molecule has 1 amide bonds. The van der Waals surface area contributed by atoms with Gasteiger partial charge in [0, 0.05) is 5.02 Å². The third kappa shape index (κ3) is 5.09. The minimum absolute atomic E-state index is 0.118. The van der Waals surface area contributed by atoms with Gasteiger partial charge >= 0.3 is 0 Å². The molecule has 0 spiro atoms. The number of sulfonamides is 1. The third-order valence-corrected chi connectivity index (χ3v) is 7.99. The van der Waals surface area contributed by atoms with Crippen molar-refractivity contribution in [3.63, 3.8) is 0 Å². The van der Waals surface area contributed by atoms with E-state index >= 15 is 0 Å². The monoisotopic (exact) mass is 514 g/mol. The Balaban J connectivity index is 1.63. The maximum atomic E-state index is 13.5. The Morgan fingerprint density at radius 1 is 1.17 bits per heavy atom. The second kappa shape index (κ2) is 10.2. The van der Waals surface area contributed by atoms with Crippen LogP contribution < -0.4 is 19.1 Å². The van der Waals surface area contributed by atoms with Gasteiger partial charge in [-0.05, 0) is 60.9 Å². The summed E-state index contributed by atoms with van der Waals surface area (Å²) in [4.78, 5) is 13.4.